The van der Waals surface area contributed by atoms with Crippen molar-refractivity contribution < 1.29 is 19.1 Å². The van der Waals surface area contributed by atoms with Crippen LogP contribution in [0.4, 0.5) is 5.69 Å². The van der Waals surface area contributed by atoms with Crippen molar-refractivity contribution in [1.82, 2.24) is 4.57 Å². The van der Waals surface area contributed by atoms with Crippen molar-refractivity contribution in [3.05, 3.63) is 78.1 Å². The molecule has 0 aliphatic carbocycles. The van der Waals surface area contributed by atoms with Crippen LogP contribution in [0.2, 0.25) is 0 Å². The molecule has 1 heterocycles. The summed E-state index contributed by atoms with van der Waals surface area (Å²) in [5, 5.41) is 2.74. The number of aromatic nitrogens is 1. The quantitative estimate of drug-likeness (QED) is 0.659. The number of carbonyl (C=O) groups is 2. The number of anilines is 1. The predicted molar refractivity (Wildman–Crippen MR) is 107 cm³/mol. The fourth-order valence-corrected chi connectivity index (χ4v) is 2.71. The van der Waals surface area contributed by atoms with Gasteiger partial charge in [0.25, 0.3) is 5.91 Å². The molecule has 1 amide bonds. The summed E-state index contributed by atoms with van der Waals surface area (Å²) < 4.78 is 12.5. The van der Waals surface area contributed by atoms with Gasteiger partial charge < -0.3 is 19.4 Å². The number of nitrogens with one attached hydrogen (secondary N) is 1. The van der Waals surface area contributed by atoms with Gasteiger partial charge in [0, 0.05) is 18.1 Å². The highest BCUT2D eigenvalue weighted by Gasteiger charge is 2.20. The Bertz CT molecular complexity index is 963. The topological polar surface area (TPSA) is 69.6 Å². The Balaban J connectivity index is 1.63. The van der Waals surface area contributed by atoms with E-state index in [4.69, 9.17) is 9.47 Å². The minimum absolute atomic E-state index is 0.378. The van der Waals surface area contributed by atoms with Crippen molar-refractivity contribution in [3.63, 3.8) is 0 Å². The summed E-state index contributed by atoms with van der Waals surface area (Å²) in [5.74, 6) is -0.447. The first-order valence-electron chi connectivity index (χ1n) is 8.88. The van der Waals surface area contributed by atoms with Gasteiger partial charge in [0.15, 0.2) is 6.10 Å². The minimum Gasteiger partial charge on any atom is -0.495 e. The molecule has 0 saturated heterocycles. The van der Waals surface area contributed by atoms with Crippen LogP contribution in [0.5, 0.6) is 5.75 Å². The summed E-state index contributed by atoms with van der Waals surface area (Å²) >= 11 is 0. The molecule has 0 fully saturated rings. The van der Waals surface area contributed by atoms with Crippen LogP contribution in [0, 0.1) is 6.92 Å². The van der Waals surface area contributed by atoms with Crippen molar-refractivity contribution in [2.75, 3.05) is 12.4 Å². The highest BCUT2D eigenvalue weighted by Crippen LogP contribution is 2.25. The second kappa shape index (κ2) is 8.43. The monoisotopic (exact) mass is 378 g/mol. The number of nitrogens with zero attached hydrogens (tertiary/aromatic N) is 1. The van der Waals surface area contributed by atoms with Crippen LogP contribution in [0.3, 0.4) is 0 Å². The Morgan fingerprint density at radius 2 is 1.71 bits per heavy atom. The third kappa shape index (κ3) is 4.40. The molecule has 1 aromatic heterocycles. The smallest absolute Gasteiger partial charge is 0.338 e. The molecule has 0 aliphatic heterocycles. The van der Waals surface area contributed by atoms with Gasteiger partial charge in [-0.25, -0.2) is 4.79 Å². The maximum Gasteiger partial charge on any atom is 0.338 e. The summed E-state index contributed by atoms with van der Waals surface area (Å²) in [4.78, 5) is 24.8. The van der Waals surface area contributed by atoms with E-state index >= 15 is 0 Å². The highest BCUT2D eigenvalue weighted by atomic mass is 16.5. The molecule has 2 aromatic carbocycles. The van der Waals surface area contributed by atoms with Gasteiger partial charge in [-0.2, -0.15) is 0 Å². The number of hydrogen-bond acceptors (Lipinski definition) is 4. The number of carbonyl (C=O) groups excluding carboxylic acids is 2. The molecule has 1 unspecified atom stereocenters. The SMILES string of the molecule is COc1ccc(C)cc1NC(=O)C(C)OC(=O)c1ccc(-n2cccc2)cc1. The highest BCUT2D eigenvalue weighted by molar-refractivity contribution is 5.98. The van der Waals surface area contributed by atoms with Gasteiger partial charge in [-0.1, -0.05) is 6.07 Å². The molecule has 1 N–H and O–H groups in total. The predicted octanol–water partition coefficient (Wildman–Crippen LogP) is 3.98. The maximum absolute atomic E-state index is 12.4. The van der Waals surface area contributed by atoms with Crippen LogP contribution in [0.1, 0.15) is 22.8 Å². The molecule has 0 spiro atoms. The largest absolute Gasteiger partial charge is 0.495 e. The molecule has 3 aromatic rings. The summed E-state index contributed by atoms with van der Waals surface area (Å²) in [6, 6.07) is 16.3. The zero-order valence-electron chi connectivity index (χ0n) is 16.0. The number of esters is 1. The van der Waals surface area contributed by atoms with Gasteiger partial charge in [-0.3, -0.25) is 4.79 Å². The standard InChI is InChI=1S/C22H22N2O4/c1-15-6-11-20(27-3)19(14-15)23-21(25)16(2)28-22(26)17-7-9-18(10-8-17)24-12-4-5-13-24/h4-14,16H,1-3H3,(H,23,25). The lowest BCUT2D eigenvalue weighted by Crippen LogP contribution is -2.30. The zero-order valence-corrected chi connectivity index (χ0v) is 16.0. The molecule has 0 radical (unpaired) electrons. The number of amides is 1. The van der Waals surface area contributed by atoms with Crippen molar-refractivity contribution in [1.29, 1.82) is 0 Å². The molecule has 1 atom stereocenters. The molecular formula is C22H22N2O4. The lowest BCUT2D eigenvalue weighted by atomic mass is 10.2. The Labute approximate surface area is 163 Å². The summed E-state index contributed by atoms with van der Waals surface area (Å²) in [6.45, 7) is 3.44. The van der Waals surface area contributed by atoms with Crippen molar-refractivity contribution in [2.45, 2.75) is 20.0 Å². The molecule has 144 valence electrons. The fourth-order valence-electron chi connectivity index (χ4n) is 2.71. The molecular weight excluding hydrogens is 356 g/mol. The average Bonchev–Trinajstić information content (AvgIpc) is 3.23. The first kappa shape index (κ1) is 19.2. The van der Waals surface area contributed by atoms with E-state index in [9.17, 15) is 9.59 Å². The summed E-state index contributed by atoms with van der Waals surface area (Å²) in [6.07, 6.45) is 2.88. The number of methoxy groups -OCH3 is 1. The maximum atomic E-state index is 12.4. The lowest BCUT2D eigenvalue weighted by molar-refractivity contribution is -0.123. The number of rotatable bonds is 6. The van der Waals surface area contributed by atoms with Crippen molar-refractivity contribution in [3.8, 4) is 11.4 Å². The Morgan fingerprint density at radius 3 is 2.36 bits per heavy atom. The van der Waals surface area contributed by atoms with Crippen molar-refractivity contribution >= 4 is 17.6 Å². The Kier molecular flexibility index (Phi) is 5.79. The van der Waals surface area contributed by atoms with Gasteiger partial charge in [0.2, 0.25) is 0 Å². The van der Waals surface area contributed by atoms with E-state index in [2.05, 4.69) is 5.32 Å². The third-order valence-electron chi connectivity index (χ3n) is 4.27. The second-order valence-electron chi connectivity index (χ2n) is 6.38. The molecule has 0 saturated carbocycles. The third-order valence-corrected chi connectivity index (χ3v) is 4.27. The number of hydrogen-bond donors (Lipinski definition) is 1. The molecule has 3 rings (SSSR count). The first-order chi connectivity index (χ1) is 13.5. The second-order valence-corrected chi connectivity index (χ2v) is 6.38. The van der Waals surface area contributed by atoms with E-state index in [-0.39, 0.29) is 0 Å². The normalized spacial score (nSPS) is 11.5. The average molecular weight is 378 g/mol. The van der Waals surface area contributed by atoms with Gasteiger partial charge in [0.05, 0.1) is 18.4 Å². The summed E-state index contributed by atoms with van der Waals surface area (Å²) in [5.41, 5.74) is 2.82. The zero-order chi connectivity index (χ0) is 20.1. The van der Waals surface area contributed by atoms with Crippen LogP contribution >= 0.6 is 0 Å². The molecule has 6 heteroatoms. The van der Waals surface area contributed by atoms with Crippen LogP contribution in [0.25, 0.3) is 5.69 Å². The number of benzene rings is 2. The first-order valence-corrected chi connectivity index (χ1v) is 8.88. The Hall–Kier alpha value is -3.54. The molecule has 28 heavy (non-hydrogen) atoms. The van der Waals surface area contributed by atoms with E-state index in [0.29, 0.717) is 17.0 Å². The summed E-state index contributed by atoms with van der Waals surface area (Å²) in [7, 11) is 1.53. The molecule has 0 bridgehead atoms. The van der Waals surface area contributed by atoms with Crippen molar-refractivity contribution in [2.24, 2.45) is 0 Å². The fraction of sp³-hybridized carbons (Fsp3) is 0.182. The molecule has 0 aliphatic rings. The van der Waals surface area contributed by atoms with Gasteiger partial charge in [-0.05, 0) is 67.9 Å². The van der Waals surface area contributed by atoms with Gasteiger partial charge in [0.1, 0.15) is 5.75 Å². The van der Waals surface area contributed by atoms with E-state index < -0.39 is 18.0 Å². The van der Waals surface area contributed by atoms with Crippen LogP contribution < -0.4 is 10.1 Å². The lowest BCUT2D eigenvalue weighted by Gasteiger charge is -2.16. The number of ether oxygens (including phenoxy) is 2. The van der Waals surface area contributed by atoms with Gasteiger partial charge in [-0.15, -0.1) is 0 Å². The van der Waals surface area contributed by atoms with E-state index in [1.54, 1.807) is 24.3 Å². The Morgan fingerprint density at radius 1 is 1.04 bits per heavy atom. The van der Waals surface area contributed by atoms with Gasteiger partial charge >= 0.3 is 5.97 Å². The van der Waals surface area contributed by atoms with Crippen LogP contribution in [0.15, 0.2) is 67.0 Å². The van der Waals surface area contributed by atoms with Crippen LogP contribution in [-0.2, 0) is 9.53 Å². The van der Waals surface area contributed by atoms with E-state index in [1.165, 1.54) is 14.0 Å². The minimum atomic E-state index is -0.957. The van der Waals surface area contributed by atoms with E-state index in [1.807, 2.05) is 54.2 Å². The molecule has 6 nitrogen and oxygen atoms in total. The number of aryl methyl sites for hydroxylation is 1. The van der Waals surface area contributed by atoms with Crippen LogP contribution in [-0.4, -0.2) is 29.7 Å². The van der Waals surface area contributed by atoms with E-state index in [0.717, 1.165) is 11.3 Å².